The first-order chi connectivity index (χ1) is 9.45. The minimum Gasteiger partial charge on any atom is -0.343 e. The fraction of sp³-hybridized carbons (Fsp3) is 0.286. The minimum absolute atomic E-state index is 0.241. The Morgan fingerprint density at radius 1 is 1.20 bits per heavy atom. The highest BCUT2D eigenvalue weighted by Crippen LogP contribution is 2.27. The van der Waals surface area contributed by atoms with Crippen LogP contribution in [0, 0.1) is 4.64 Å². The SMILES string of the molecule is CC(C)c1nc(=S)cc(-c2ccc(SC(F)F)cc2)[nH]1. The van der Waals surface area contributed by atoms with E-state index in [0.717, 1.165) is 17.1 Å². The Kier molecular flexibility index (Phi) is 4.88. The standard InChI is InChI=1S/C14H14F2N2S2/c1-8(2)13-17-11(7-12(19)18-13)9-3-5-10(6-4-9)20-14(15)16/h3-8,14H,1-2H3,(H,17,18,19). The Balaban J connectivity index is 2.34. The van der Waals surface area contributed by atoms with Crippen LogP contribution >= 0.6 is 24.0 Å². The number of nitrogens with one attached hydrogen (secondary N) is 1. The van der Waals surface area contributed by atoms with Crippen LogP contribution in [0.2, 0.25) is 0 Å². The van der Waals surface area contributed by atoms with Gasteiger partial charge >= 0.3 is 0 Å². The molecule has 1 N–H and O–H groups in total. The topological polar surface area (TPSA) is 28.7 Å². The van der Waals surface area contributed by atoms with Gasteiger partial charge < -0.3 is 4.98 Å². The Labute approximate surface area is 125 Å². The lowest BCUT2D eigenvalue weighted by molar-refractivity contribution is 0.252. The molecule has 0 saturated heterocycles. The smallest absolute Gasteiger partial charge is 0.288 e. The summed E-state index contributed by atoms with van der Waals surface area (Å²) in [5.41, 5.74) is 1.75. The molecule has 1 aromatic carbocycles. The Morgan fingerprint density at radius 2 is 1.85 bits per heavy atom. The number of thioether (sulfide) groups is 1. The number of nitrogens with zero attached hydrogens (tertiary/aromatic N) is 1. The molecule has 2 aromatic rings. The van der Waals surface area contributed by atoms with Crippen LogP contribution < -0.4 is 0 Å². The quantitative estimate of drug-likeness (QED) is 0.618. The van der Waals surface area contributed by atoms with Crippen LogP contribution in [-0.4, -0.2) is 15.7 Å². The van der Waals surface area contributed by atoms with Gasteiger partial charge in [-0.3, -0.25) is 0 Å². The second-order valence-electron chi connectivity index (χ2n) is 4.58. The van der Waals surface area contributed by atoms with Gasteiger partial charge in [-0.1, -0.05) is 50.0 Å². The number of H-pyrrole nitrogens is 1. The molecule has 1 heterocycles. The van der Waals surface area contributed by atoms with Crippen LogP contribution in [0.3, 0.4) is 0 Å². The van der Waals surface area contributed by atoms with Crippen molar-refractivity contribution in [2.75, 3.05) is 0 Å². The van der Waals surface area contributed by atoms with E-state index < -0.39 is 5.76 Å². The molecule has 2 rings (SSSR count). The van der Waals surface area contributed by atoms with E-state index in [2.05, 4.69) is 9.97 Å². The Morgan fingerprint density at radius 3 is 2.40 bits per heavy atom. The summed E-state index contributed by atoms with van der Waals surface area (Å²) < 4.78 is 25.1. The summed E-state index contributed by atoms with van der Waals surface area (Å²) in [6.07, 6.45) is 0. The summed E-state index contributed by atoms with van der Waals surface area (Å²) in [5, 5.41) is 0. The average molecular weight is 312 g/mol. The molecule has 0 amide bonds. The molecular formula is C14H14F2N2S2. The van der Waals surface area contributed by atoms with E-state index in [1.54, 1.807) is 30.3 Å². The minimum atomic E-state index is -2.40. The highest BCUT2D eigenvalue weighted by Gasteiger charge is 2.07. The van der Waals surface area contributed by atoms with Crippen molar-refractivity contribution in [2.45, 2.75) is 30.4 Å². The van der Waals surface area contributed by atoms with Crippen molar-refractivity contribution in [1.82, 2.24) is 9.97 Å². The van der Waals surface area contributed by atoms with E-state index in [4.69, 9.17) is 12.2 Å². The molecule has 6 heteroatoms. The van der Waals surface area contributed by atoms with E-state index in [9.17, 15) is 8.78 Å². The molecule has 0 atom stereocenters. The van der Waals surface area contributed by atoms with E-state index in [1.165, 1.54) is 0 Å². The predicted octanol–water partition coefficient (Wildman–Crippen LogP) is 5.24. The zero-order valence-electron chi connectivity index (χ0n) is 11.1. The molecule has 0 aliphatic carbocycles. The summed E-state index contributed by atoms with van der Waals surface area (Å²) in [4.78, 5) is 8.04. The lowest BCUT2D eigenvalue weighted by Gasteiger charge is -2.09. The molecule has 0 saturated carbocycles. The summed E-state index contributed by atoms with van der Waals surface area (Å²) >= 11 is 5.69. The Hall–Kier alpha value is -1.27. The van der Waals surface area contributed by atoms with E-state index in [0.29, 0.717) is 21.3 Å². The van der Waals surface area contributed by atoms with E-state index >= 15 is 0 Å². The molecule has 0 spiro atoms. The first-order valence-electron chi connectivity index (χ1n) is 6.12. The average Bonchev–Trinajstić information content (AvgIpc) is 2.38. The van der Waals surface area contributed by atoms with Gasteiger partial charge in [-0.2, -0.15) is 8.78 Å². The van der Waals surface area contributed by atoms with Gasteiger partial charge in [-0.05, 0) is 23.8 Å². The number of rotatable bonds is 4. The molecule has 0 fully saturated rings. The first-order valence-corrected chi connectivity index (χ1v) is 7.41. The number of aromatic amines is 1. The normalized spacial score (nSPS) is 11.3. The first kappa shape index (κ1) is 15.1. The molecule has 1 aromatic heterocycles. The number of hydrogen-bond acceptors (Lipinski definition) is 3. The monoisotopic (exact) mass is 312 g/mol. The van der Waals surface area contributed by atoms with Crippen molar-refractivity contribution in [2.24, 2.45) is 0 Å². The van der Waals surface area contributed by atoms with Crippen LogP contribution in [0.5, 0.6) is 0 Å². The van der Waals surface area contributed by atoms with Gasteiger partial charge in [0, 0.05) is 16.5 Å². The second kappa shape index (κ2) is 6.45. The zero-order valence-corrected chi connectivity index (χ0v) is 12.7. The number of hydrogen-bond donors (Lipinski definition) is 1. The third kappa shape index (κ3) is 3.86. The van der Waals surface area contributed by atoms with Crippen LogP contribution in [0.4, 0.5) is 8.78 Å². The summed E-state index contributed by atoms with van der Waals surface area (Å²) in [6.45, 7) is 4.06. The summed E-state index contributed by atoms with van der Waals surface area (Å²) in [6, 6.07) is 8.73. The maximum Gasteiger partial charge on any atom is 0.288 e. The molecule has 0 aliphatic rings. The fourth-order valence-electron chi connectivity index (χ4n) is 1.72. The number of benzene rings is 1. The summed E-state index contributed by atoms with van der Waals surface area (Å²) in [7, 11) is 0. The zero-order chi connectivity index (χ0) is 14.7. The van der Waals surface area contributed by atoms with Gasteiger partial charge in [-0.15, -0.1) is 0 Å². The van der Waals surface area contributed by atoms with Gasteiger partial charge in [0.05, 0.1) is 0 Å². The largest absolute Gasteiger partial charge is 0.343 e. The van der Waals surface area contributed by atoms with Crippen LogP contribution in [-0.2, 0) is 0 Å². The van der Waals surface area contributed by atoms with Gasteiger partial charge in [0.2, 0.25) is 0 Å². The third-order valence-corrected chi connectivity index (χ3v) is 3.63. The lowest BCUT2D eigenvalue weighted by atomic mass is 10.1. The van der Waals surface area contributed by atoms with E-state index in [-0.39, 0.29) is 5.92 Å². The van der Waals surface area contributed by atoms with Gasteiger partial charge in [-0.25, -0.2) is 4.98 Å². The van der Waals surface area contributed by atoms with Crippen LogP contribution in [0.1, 0.15) is 25.6 Å². The molecule has 106 valence electrons. The molecule has 2 nitrogen and oxygen atoms in total. The van der Waals surface area contributed by atoms with Gasteiger partial charge in [0.15, 0.2) is 0 Å². The van der Waals surface area contributed by atoms with Gasteiger partial charge in [0.1, 0.15) is 10.5 Å². The highest BCUT2D eigenvalue weighted by molar-refractivity contribution is 7.99. The number of halogens is 2. The Bertz CT molecular complexity index is 636. The number of alkyl halides is 2. The predicted molar refractivity (Wildman–Crippen MR) is 80.8 cm³/mol. The van der Waals surface area contributed by atoms with Crippen molar-refractivity contribution in [1.29, 1.82) is 0 Å². The van der Waals surface area contributed by atoms with Gasteiger partial charge in [0.25, 0.3) is 5.76 Å². The van der Waals surface area contributed by atoms with Crippen molar-refractivity contribution >= 4 is 24.0 Å². The molecular weight excluding hydrogens is 298 g/mol. The fourth-order valence-corrected chi connectivity index (χ4v) is 2.44. The summed E-state index contributed by atoms with van der Waals surface area (Å²) in [5.74, 6) is -1.34. The highest BCUT2D eigenvalue weighted by atomic mass is 32.2. The van der Waals surface area contributed by atoms with Crippen molar-refractivity contribution < 1.29 is 8.78 Å². The van der Waals surface area contributed by atoms with Crippen LogP contribution in [0.25, 0.3) is 11.3 Å². The maximum atomic E-state index is 12.3. The lowest BCUT2D eigenvalue weighted by Crippen LogP contribution is -1.99. The van der Waals surface area contributed by atoms with Crippen molar-refractivity contribution in [3.63, 3.8) is 0 Å². The number of aromatic nitrogens is 2. The third-order valence-electron chi connectivity index (χ3n) is 2.70. The van der Waals surface area contributed by atoms with Crippen molar-refractivity contribution in [3.05, 3.63) is 40.8 Å². The molecule has 20 heavy (non-hydrogen) atoms. The molecule has 0 radical (unpaired) electrons. The maximum absolute atomic E-state index is 12.3. The molecule has 0 aliphatic heterocycles. The van der Waals surface area contributed by atoms with Crippen LogP contribution in [0.15, 0.2) is 35.2 Å². The second-order valence-corrected chi connectivity index (χ2v) is 6.06. The van der Waals surface area contributed by atoms with E-state index in [1.807, 2.05) is 13.8 Å². The molecule has 0 unspecified atom stereocenters. The molecule has 0 bridgehead atoms. The van der Waals surface area contributed by atoms with Crippen molar-refractivity contribution in [3.8, 4) is 11.3 Å².